The Morgan fingerprint density at radius 1 is 0.532 bits per heavy atom. The predicted molar refractivity (Wildman–Crippen MR) is 207 cm³/mol. The van der Waals surface area contributed by atoms with Crippen LogP contribution in [0.15, 0.2) is 0 Å². The van der Waals surface area contributed by atoms with Crippen LogP contribution < -0.4 is 0 Å². The lowest BCUT2D eigenvalue weighted by atomic mass is 9.64. The van der Waals surface area contributed by atoms with Crippen LogP contribution in [0.25, 0.3) is 0 Å². The highest BCUT2D eigenvalue weighted by Gasteiger charge is 2.37. The minimum absolute atomic E-state index is 0.248. The molecule has 278 valence electrons. The molecule has 3 nitrogen and oxygen atoms in total. The Balaban J connectivity index is 2.15. The van der Waals surface area contributed by atoms with E-state index in [1.54, 1.807) is 0 Å². The number of carbonyl (C=O) groups is 2. The molecule has 1 rings (SSSR count). The van der Waals surface area contributed by atoms with Crippen molar-refractivity contribution >= 4 is 11.6 Å². The van der Waals surface area contributed by atoms with E-state index in [9.17, 15) is 9.59 Å². The summed E-state index contributed by atoms with van der Waals surface area (Å²) in [5.74, 6) is 3.42. The van der Waals surface area contributed by atoms with Gasteiger partial charge >= 0.3 is 0 Å². The van der Waals surface area contributed by atoms with E-state index in [1.807, 2.05) is 0 Å². The third-order valence-corrected chi connectivity index (χ3v) is 11.7. The van der Waals surface area contributed by atoms with Gasteiger partial charge in [-0.1, -0.05) is 163 Å². The van der Waals surface area contributed by atoms with Crippen molar-refractivity contribution in [3.63, 3.8) is 0 Å². The molecule has 0 aromatic heterocycles. The fourth-order valence-corrected chi connectivity index (χ4v) is 7.96. The second kappa shape index (κ2) is 31.3. The van der Waals surface area contributed by atoms with Crippen LogP contribution in [0.1, 0.15) is 227 Å². The molecule has 3 heteroatoms. The van der Waals surface area contributed by atoms with Gasteiger partial charge in [-0.3, -0.25) is 9.59 Å². The Bertz CT molecular complexity index is 698. The number of hydrogen-bond acceptors (Lipinski definition) is 3. The first-order valence-corrected chi connectivity index (χ1v) is 21.7. The molecule has 1 saturated carbocycles. The molecular weight excluding hydrogens is 574 g/mol. The molecule has 0 aromatic rings. The smallest absolute Gasteiger partial charge is 0.135 e. The molecule has 1 atom stereocenters. The minimum atomic E-state index is 0.248. The molecule has 0 bridgehead atoms. The van der Waals surface area contributed by atoms with Gasteiger partial charge in [-0.2, -0.15) is 0 Å². The summed E-state index contributed by atoms with van der Waals surface area (Å²) in [5.41, 5.74) is 0. The largest absolute Gasteiger partial charge is 0.303 e. The van der Waals surface area contributed by atoms with Crippen molar-refractivity contribution < 1.29 is 9.59 Å². The van der Waals surface area contributed by atoms with Crippen molar-refractivity contribution in [2.45, 2.75) is 227 Å². The molecule has 1 aliphatic rings. The number of unbranched alkanes of at least 4 members (excludes halogenated alkanes) is 18. The van der Waals surface area contributed by atoms with Crippen LogP contribution in [0, 0.1) is 23.7 Å². The molecule has 0 saturated heterocycles. The molecule has 1 aliphatic carbocycles. The summed E-state index contributed by atoms with van der Waals surface area (Å²) in [5, 5.41) is 0. The van der Waals surface area contributed by atoms with Crippen molar-refractivity contribution in [3.05, 3.63) is 0 Å². The molecule has 0 spiro atoms. The standard InChI is InChI=1S/C44H85NO2/c1-6-10-12-14-18-24-30-40(31-25-19-15-13-11-7-2)41-37-42(38-41)44(47)33-27-21-17-23-29-36-45(34-8-3)35-28-22-16-20-26-32-43(46)39(5)9-4/h39-42H,6-38H2,1-5H3. The van der Waals surface area contributed by atoms with Gasteiger partial charge in [0.2, 0.25) is 0 Å². The molecule has 47 heavy (non-hydrogen) atoms. The maximum absolute atomic E-state index is 13.0. The molecule has 0 radical (unpaired) electrons. The Labute approximate surface area is 296 Å². The van der Waals surface area contributed by atoms with Gasteiger partial charge in [0.05, 0.1) is 0 Å². The van der Waals surface area contributed by atoms with Crippen LogP contribution in [0.3, 0.4) is 0 Å². The highest BCUT2D eigenvalue weighted by atomic mass is 16.1. The van der Waals surface area contributed by atoms with Gasteiger partial charge in [0.15, 0.2) is 0 Å². The van der Waals surface area contributed by atoms with Gasteiger partial charge in [-0.05, 0) is 82.8 Å². The number of Topliss-reactive ketones (excluding diaryl/α,β-unsaturated/α-hetero) is 2. The van der Waals surface area contributed by atoms with Gasteiger partial charge in [-0.25, -0.2) is 0 Å². The summed E-state index contributed by atoms with van der Waals surface area (Å²) in [4.78, 5) is 27.7. The summed E-state index contributed by atoms with van der Waals surface area (Å²) >= 11 is 0. The first-order chi connectivity index (χ1) is 23.0. The maximum Gasteiger partial charge on any atom is 0.135 e. The van der Waals surface area contributed by atoms with Crippen LogP contribution in [0.5, 0.6) is 0 Å². The first kappa shape index (κ1) is 44.3. The molecule has 1 unspecified atom stereocenters. The number of ketones is 2. The predicted octanol–water partition coefficient (Wildman–Crippen LogP) is 13.7. The summed E-state index contributed by atoms with van der Waals surface area (Å²) in [6.07, 6.45) is 38.3. The van der Waals surface area contributed by atoms with Gasteiger partial charge < -0.3 is 4.90 Å². The molecule has 0 aromatic carbocycles. The van der Waals surface area contributed by atoms with Crippen molar-refractivity contribution in [2.75, 3.05) is 19.6 Å². The van der Waals surface area contributed by atoms with Crippen LogP contribution in [0.2, 0.25) is 0 Å². The van der Waals surface area contributed by atoms with Crippen LogP contribution in [-0.4, -0.2) is 36.1 Å². The van der Waals surface area contributed by atoms with E-state index in [0.717, 1.165) is 43.9 Å². The molecule has 0 heterocycles. The van der Waals surface area contributed by atoms with Gasteiger partial charge in [0, 0.05) is 24.7 Å². The fourth-order valence-electron chi connectivity index (χ4n) is 7.96. The van der Waals surface area contributed by atoms with Gasteiger partial charge in [0.1, 0.15) is 11.6 Å². The number of rotatable bonds is 36. The summed E-state index contributed by atoms with van der Waals surface area (Å²) < 4.78 is 0. The minimum Gasteiger partial charge on any atom is -0.303 e. The second-order valence-corrected chi connectivity index (χ2v) is 15.9. The van der Waals surface area contributed by atoms with E-state index in [-0.39, 0.29) is 5.92 Å². The zero-order valence-electron chi connectivity index (χ0n) is 32.9. The fraction of sp³-hybridized carbons (Fsp3) is 0.955. The third-order valence-electron chi connectivity index (χ3n) is 11.7. The van der Waals surface area contributed by atoms with Gasteiger partial charge in [-0.15, -0.1) is 0 Å². The van der Waals surface area contributed by atoms with Crippen LogP contribution >= 0.6 is 0 Å². The van der Waals surface area contributed by atoms with E-state index in [2.05, 4.69) is 39.5 Å². The summed E-state index contributed by atoms with van der Waals surface area (Å²) in [6.45, 7) is 14.8. The zero-order chi connectivity index (χ0) is 34.4. The Hall–Kier alpha value is -0.700. The molecule has 1 fully saturated rings. The Kier molecular flexibility index (Phi) is 29.5. The maximum atomic E-state index is 13.0. The summed E-state index contributed by atoms with van der Waals surface area (Å²) in [6, 6.07) is 0. The number of hydrogen-bond donors (Lipinski definition) is 0. The van der Waals surface area contributed by atoms with Crippen molar-refractivity contribution in [2.24, 2.45) is 23.7 Å². The zero-order valence-corrected chi connectivity index (χ0v) is 32.9. The Morgan fingerprint density at radius 2 is 0.979 bits per heavy atom. The van der Waals surface area contributed by atoms with Gasteiger partial charge in [0.25, 0.3) is 0 Å². The second-order valence-electron chi connectivity index (χ2n) is 15.9. The molecule has 0 amide bonds. The molecule has 0 N–H and O–H groups in total. The highest BCUT2D eigenvalue weighted by Crippen LogP contribution is 2.44. The molecule has 0 aliphatic heterocycles. The molecular formula is C44H85NO2. The van der Waals surface area contributed by atoms with E-state index >= 15 is 0 Å². The van der Waals surface area contributed by atoms with Crippen molar-refractivity contribution in [1.82, 2.24) is 4.90 Å². The van der Waals surface area contributed by atoms with E-state index in [1.165, 1.54) is 180 Å². The van der Waals surface area contributed by atoms with E-state index in [0.29, 0.717) is 17.5 Å². The number of carbonyl (C=O) groups excluding carboxylic acids is 2. The SMILES string of the molecule is CCCCCCCCC(CCCCCCCC)C1CC(C(=O)CCCCCCCN(CCC)CCCCCCCC(=O)C(C)CC)C1. The number of nitrogens with zero attached hydrogens (tertiary/aromatic N) is 1. The lowest BCUT2D eigenvalue weighted by Gasteiger charge is -2.40. The summed E-state index contributed by atoms with van der Waals surface area (Å²) in [7, 11) is 0. The first-order valence-electron chi connectivity index (χ1n) is 21.7. The Morgan fingerprint density at radius 3 is 1.47 bits per heavy atom. The highest BCUT2D eigenvalue weighted by molar-refractivity contribution is 5.81. The lowest BCUT2D eigenvalue weighted by molar-refractivity contribution is -0.128. The topological polar surface area (TPSA) is 37.4 Å². The van der Waals surface area contributed by atoms with E-state index in [4.69, 9.17) is 0 Å². The van der Waals surface area contributed by atoms with Crippen molar-refractivity contribution in [3.8, 4) is 0 Å². The van der Waals surface area contributed by atoms with Crippen molar-refractivity contribution in [1.29, 1.82) is 0 Å². The van der Waals surface area contributed by atoms with Crippen LogP contribution in [-0.2, 0) is 9.59 Å². The monoisotopic (exact) mass is 660 g/mol. The van der Waals surface area contributed by atoms with Crippen LogP contribution in [0.4, 0.5) is 0 Å². The van der Waals surface area contributed by atoms with E-state index < -0.39 is 0 Å². The third kappa shape index (κ3) is 23.4. The normalized spacial score (nSPS) is 17.0. The average molecular weight is 660 g/mol. The average Bonchev–Trinajstić information content (AvgIpc) is 3.05. The lowest BCUT2D eigenvalue weighted by Crippen LogP contribution is -2.35. The quantitative estimate of drug-likeness (QED) is 0.0628.